The van der Waals surface area contributed by atoms with Crippen LogP contribution in [0.5, 0.6) is 0 Å². The minimum Gasteiger partial charge on any atom is -0.374 e. The summed E-state index contributed by atoms with van der Waals surface area (Å²) in [4.78, 5) is 2.42. The molecule has 0 amide bonds. The first kappa shape index (κ1) is 10.5. The molecule has 1 saturated heterocycles. The minimum absolute atomic E-state index is 0.307. The van der Waals surface area contributed by atoms with E-state index < -0.39 is 0 Å². The van der Waals surface area contributed by atoms with E-state index >= 15 is 0 Å². The van der Waals surface area contributed by atoms with Gasteiger partial charge < -0.3 is 10.2 Å². The highest BCUT2D eigenvalue weighted by molar-refractivity contribution is 4.94. The zero-order chi connectivity index (χ0) is 10.5. The molecule has 2 heterocycles. The monoisotopic (exact) mass is 209 g/mol. The number of nitrogens with one attached hydrogen (secondary N) is 1. The van der Waals surface area contributed by atoms with Crippen LogP contribution >= 0.6 is 0 Å². The average Bonchev–Trinajstić information content (AvgIpc) is 2.79. The number of rotatable bonds is 4. The molecule has 0 spiro atoms. The molecule has 15 heavy (non-hydrogen) atoms. The second-order valence-electron chi connectivity index (χ2n) is 3.84. The van der Waals surface area contributed by atoms with Crippen LogP contribution in [0.15, 0.2) is 24.5 Å². The third kappa shape index (κ3) is 2.97. The Labute approximate surface area is 90.8 Å². The molecule has 2 rings (SSSR count). The maximum absolute atomic E-state index is 5.69. The maximum atomic E-state index is 5.69. The van der Waals surface area contributed by atoms with Crippen LogP contribution in [0.4, 0.5) is 0 Å². The van der Waals surface area contributed by atoms with Gasteiger partial charge in [-0.25, -0.2) is 0 Å². The van der Waals surface area contributed by atoms with Gasteiger partial charge in [-0.2, -0.15) is 0 Å². The van der Waals surface area contributed by atoms with Crippen LogP contribution in [0.25, 0.3) is 0 Å². The minimum atomic E-state index is 0.307. The summed E-state index contributed by atoms with van der Waals surface area (Å²) in [6.45, 7) is 7.13. The van der Waals surface area contributed by atoms with Gasteiger partial charge >= 0.3 is 0 Å². The molecule has 84 valence electrons. The van der Waals surface area contributed by atoms with E-state index in [2.05, 4.69) is 17.2 Å². The van der Waals surface area contributed by atoms with Gasteiger partial charge in [-0.1, -0.05) is 6.92 Å². The fraction of sp³-hybridized carbons (Fsp3) is 0.636. The Bertz CT molecular complexity index is 273. The van der Waals surface area contributed by atoms with E-state index in [-0.39, 0.29) is 0 Å². The van der Waals surface area contributed by atoms with E-state index in [1.54, 1.807) is 0 Å². The van der Waals surface area contributed by atoms with Gasteiger partial charge in [-0.05, 0) is 18.7 Å². The van der Waals surface area contributed by atoms with Crippen molar-refractivity contribution in [1.82, 2.24) is 9.58 Å². The van der Waals surface area contributed by atoms with Crippen molar-refractivity contribution in [3.63, 3.8) is 0 Å². The van der Waals surface area contributed by atoms with Gasteiger partial charge in [0.2, 0.25) is 0 Å². The van der Waals surface area contributed by atoms with E-state index in [4.69, 9.17) is 4.74 Å². The normalized spacial score (nSPS) is 22.9. The molecule has 0 aromatic carbocycles. The highest BCUT2D eigenvalue weighted by Crippen LogP contribution is 2.04. The van der Waals surface area contributed by atoms with E-state index in [1.165, 1.54) is 0 Å². The van der Waals surface area contributed by atoms with Gasteiger partial charge in [0, 0.05) is 25.5 Å². The summed E-state index contributed by atoms with van der Waals surface area (Å²) in [7, 11) is 0. The molecule has 0 aliphatic carbocycles. The number of hydrogen-bond acceptors (Lipinski definition) is 3. The van der Waals surface area contributed by atoms with Crippen LogP contribution in [0, 0.1) is 0 Å². The number of hydrogen-bond donors (Lipinski definition) is 1. The van der Waals surface area contributed by atoms with Crippen LogP contribution in [0.3, 0.4) is 0 Å². The van der Waals surface area contributed by atoms with Gasteiger partial charge in [0.1, 0.15) is 0 Å². The van der Waals surface area contributed by atoms with Crippen LogP contribution in [0.2, 0.25) is 0 Å². The molecule has 1 fully saturated rings. The predicted octanol–water partition coefficient (Wildman–Crippen LogP) is 0.752. The Morgan fingerprint density at radius 2 is 2.20 bits per heavy atom. The van der Waals surface area contributed by atoms with Gasteiger partial charge in [-0.3, -0.25) is 9.58 Å². The van der Waals surface area contributed by atoms with Gasteiger partial charge in [0.25, 0.3) is 0 Å². The van der Waals surface area contributed by atoms with Crippen LogP contribution in [-0.2, 0) is 4.74 Å². The summed E-state index contributed by atoms with van der Waals surface area (Å²) < 4.78 is 7.66. The third-order valence-electron chi connectivity index (χ3n) is 2.78. The van der Waals surface area contributed by atoms with Crippen LogP contribution < -0.4 is 5.43 Å². The number of morpholine rings is 1. The fourth-order valence-electron chi connectivity index (χ4n) is 1.84. The zero-order valence-electron chi connectivity index (χ0n) is 9.22. The molecule has 0 saturated carbocycles. The Hall–Kier alpha value is -1.00. The average molecular weight is 209 g/mol. The molecule has 1 N–H and O–H groups in total. The lowest BCUT2D eigenvalue weighted by Crippen LogP contribution is -2.45. The van der Waals surface area contributed by atoms with Crippen molar-refractivity contribution in [2.24, 2.45) is 0 Å². The van der Waals surface area contributed by atoms with Gasteiger partial charge in [0.15, 0.2) is 0 Å². The van der Waals surface area contributed by atoms with Gasteiger partial charge in [0.05, 0.1) is 19.3 Å². The van der Waals surface area contributed by atoms with Crippen molar-refractivity contribution in [1.29, 1.82) is 0 Å². The highest BCUT2D eigenvalue weighted by atomic mass is 16.5. The van der Waals surface area contributed by atoms with E-state index in [9.17, 15) is 0 Å². The molecule has 0 bridgehead atoms. The van der Waals surface area contributed by atoms with E-state index in [0.29, 0.717) is 6.10 Å². The predicted molar refractivity (Wildman–Crippen MR) is 60.5 cm³/mol. The Kier molecular flexibility index (Phi) is 3.64. The Morgan fingerprint density at radius 1 is 1.40 bits per heavy atom. The molecular formula is C11H19N3O. The van der Waals surface area contributed by atoms with Crippen molar-refractivity contribution < 1.29 is 4.74 Å². The topological polar surface area (TPSA) is 29.4 Å². The lowest BCUT2D eigenvalue weighted by atomic mass is 10.3. The van der Waals surface area contributed by atoms with Crippen molar-refractivity contribution in [2.45, 2.75) is 13.0 Å². The summed E-state index contributed by atoms with van der Waals surface area (Å²) in [6.07, 6.45) is 4.31. The lowest BCUT2D eigenvalue weighted by Gasteiger charge is -2.32. The van der Waals surface area contributed by atoms with E-state index in [0.717, 1.165) is 32.8 Å². The first-order chi connectivity index (χ1) is 7.38. The number of aromatic nitrogens is 1. The third-order valence-corrected chi connectivity index (χ3v) is 2.78. The van der Waals surface area contributed by atoms with Crippen LogP contribution in [0.1, 0.15) is 6.92 Å². The smallest absolute Gasteiger partial charge is 0.0890 e. The maximum Gasteiger partial charge on any atom is 0.0890 e. The molecule has 4 heteroatoms. The fourth-order valence-corrected chi connectivity index (χ4v) is 1.84. The Morgan fingerprint density at radius 3 is 2.93 bits per heavy atom. The van der Waals surface area contributed by atoms with Crippen molar-refractivity contribution >= 4 is 0 Å². The standard InChI is InChI=1S/C11H19N3O/c1-2-13-7-8-15-11(10-13)9-12-14-5-3-4-6-14/h3-6,11-12H,2,7-10H2,1H3. The number of ether oxygens (including phenoxy) is 1. The molecule has 1 aromatic heterocycles. The van der Waals surface area contributed by atoms with Gasteiger partial charge in [-0.15, -0.1) is 0 Å². The van der Waals surface area contributed by atoms with Crippen LogP contribution in [-0.4, -0.2) is 48.5 Å². The summed E-state index contributed by atoms with van der Waals surface area (Å²) in [5.74, 6) is 0. The molecule has 1 aliphatic rings. The summed E-state index contributed by atoms with van der Waals surface area (Å²) >= 11 is 0. The van der Waals surface area contributed by atoms with Crippen molar-refractivity contribution in [2.75, 3.05) is 38.2 Å². The quantitative estimate of drug-likeness (QED) is 0.793. The molecule has 1 aliphatic heterocycles. The molecule has 4 nitrogen and oxygen atoms in total. The highest BCUT2D eigenvalue weighted by Gasteiger charge is 2.18. The Balaban J connectivity index is 1.74. The van der Waals surface area contributed by atoms with E-state index in [1.807, 2.05) is 29.2 Å². The number of nitrogens with zero attached hydrogens (tertiary/aromatic N) is 2. The molecule has 1 unspecified atom stereocenters. The molecule has 0 radical (unpaired) electrons. The summed E-state index contributed by atoms with van der Waals surface area (Å²) in [5.41, 5.74) is 3.30. The molecule has 1 aromatic rings. The zero-order valence-corrected chi connectivity index (χ0v) is 9.22. The SMILES string of the molecule is CCN1CCOC(CNn2cccc2)C1. The second kappa shape index (κ2) is 5.19. The second-order valence-corrected chi connectivity index (χ2v) is 3.84. The first-order valence-electron chi connectivity index (χ1n) is 5.59. The summed E-state index contributed by atoms with van der Waals surface area (Å²) in [6, 6.07) is 4.01. The van der Waals surface area contributed by atoms with Crippen molar-refractivity contribution in [3.8, 4) is 0 Å². The molecule has 1 atom stereocenters. The first-order valence-corrected chi connectivity index (χ1v) is 5.59. The lowest BCUT2D eigenvalue weighted by molar-refractivity contribution is -0.0202. The number of likely N-dealkylation sites (N-methyl/N-ethyl adjacent to an activating group) is 1. The molecular weight excluding hydrogens is 190 g/mol. The van der Waals surface area contributed by atoms with Crippen molar-refractivity contribution in [3.05, 3.63) is 24.5 Å². The largest absolute Gasteiger partial charge is 0.374 e. The summed E-state index contributed by atoms with van der Waals surface area (Å²) in [5, 5.41) is 0.